The first kappa shape index (κ1) is 14.8. The number of aliphatic hydroxyl groups is 1. The molecular weight excluding hydrogens is 268 g/mol. The van der Waals surface area contributed by atoms with Crippen molar-refractivity contribution in [3.63, 3.8) is 0 Å². The summed E-state index contributed by atoms with van der Waals surface area (Å²) in [5.74, 6) is -0.0456. The van der Waals surface area contributed by atoms with E-state index in [1.165, 1.54) is 6.20 Å². The van der Waals surface area contributed by atoms with Crippen molar-refractivity contribution in [2.24, 2.45) is 5.73 Å². The van der Waals surface area contributed by atoms with Gasteiger partial charge in [-0.05, 0) is 11.6 Å². The first-order valence-electron chi connectivity index (χ1n) is 6.57. The number of nitrogens with zero attached hydrogens (tertiary/aromatic N) is 2. The Labute approximate surface area is 123 Å². The molecule has 0 spiro atoms. The number of hydrogen-bond acceptors (Lipinski definition) is 5. The van der Waals surface area contributed by atoms with E-state index in [4.69, 9.17) is 11.5 Å². The first-order valence-corrected chi connectivity index (χ1v) is 6.57. The summed E-state index contributed by atoms with van der Waals surface area (Å²) in [4.78, 5) is 17.4. The lowest BCUT2D eigenvalue weighted by atomic mass is 10.2. The summed E-state index contributed by atoms with van der Waals surface area (Å²) in [7, 11) is 0. The van der Waals surface area contributed by atoms with Gasteiger partial charge in [-0.25, -0.2) is 4.98 Å². The molecule has 1 aromatic carbocycles. The van der Waals surface area contributed by atoms with Crippen molar-refractivity contribution >= 4 is 17.4 Å². The predicted octanol–water partition coefficient (Wildman–Crippen LogP) is 0.762. The quantitative estimate of drug-likeness (QED) is 0.727. The molecule has 0 fully saturated rings. The fourth-order valence-electron chi connectivity index (χ4n) is 2.04. The fraction of sp³-hybridized carbons (Fsp3) is 0.200. The van der Waals surface area contributed by atoms with Gasteiger partial charge in [-0.3, -0.25) is 4.79 Å². The van der Waals surface area contributed by atoms with Crippen LogP contribution in [0.5, 0.6) is 0 Å². The number of carbonyl (C=O) groups is 1. The number of aliphatic hydroxyl groups excluding tert-OH is 1. The number of anilines is 2. The van der Waals surface area contributed by atoms with Crippen molar-refractivity contribution in [3.8, 4) is 0 Å². The molecule has 6 nitrogen and oxygen atoms in total. The van der Waals surface area contributed by atoms with Crippen LogP contribution < -0.4 is 16.4 Å². The second kappa shape index (κ2) is 6.71. The second-order valence-corrected chi connectivity index (χ2v) is 4.62. The highest BCUT2D eigenvalue weighted by Crippen LogP contribution is 2.19. The van der Waals surface area contributed by atoms with E-state index in [-0.39, 0.29) is 17.9 Å². The topological polar surface area (TPSA) is 105 Å². The van der Waals surface area contributed by atoms with Crippen LogP contribution in [0.1, 0.15) is 15.9 Å². The van der Waals surface area contributed by atoms with Crippen LogP contribution in [0.15, 0.2) is 42.6 Å². The van der Waals surface area contributed by atoms with Gasteiger partial charge in [0.1, 0.15) is 5.82 Å². The Hall–Kier alpha value is -2.60. The Morgan fingerprint density at radius 1 is 1.29 bits per heavy atom. The molecule has 21 heavy (non-hydrogen) atoms. The largest absolute Gasteiger partial charge is 0.397 e. The van der Waals surface area contributed by atoms with Crippen LogP contribution in [0, 0.1) is 0 Å². The molecule has 2 rings (SSSR count). The summed E-state index contributed by atoms with van der Waals surface area (Å²) in [5, 5.41) is 9.22. The zero-order chi connectivity index (χ0) is 15.2. The van der Waals surface area contributed by atoms with Crippen molar-refractivity contribution in [2.75, 3.05) is 23.8 Å². The lowest BCUT2D eigenvalue weighted by Gasteiger charge is -2.23. The third kappa shape index (κ3) is 3.70. The lowest BCUT2D eigenvalue weighted by molar-refractivity contribution is 0.100. The van der Waals surface area contributed by atoms with Crippen LogP contribution in [0.4, 0.5) is 11.5 Å². The summed E-state index contributed by atoms with van der Waals surface area (Å²) in [5.41, 5.74) is 12.5. The molecule has 1 heterocycles. The zero-order valence-electron chi connectivity index (χ0n) is 11.6. The van der Waals surface area contributed by atoms with Gasteiger partial charge in [0.25, 0.3) is 5.91 Å². The smallest absolute Gasteiger partial charge is 0.250 e. The molecule has 0 unspecified atom stereocenters. The molecule has 0 aliphatic heterocycles. The average Bonchev–Trinajstić information content (AvgIpc) is 2.48. The van der Waals surface area contributed by atoms with Crippen molar-refractivity contribution in [2.45, 2.75) is 6.54 Å². The minimum absolute atomic E-state index is 0.0230. The van der Waals surface area contributed by atoms with Gasteiger partial charge < -0.3 is 21.5 Å². The molecule has 1 aromatic heterocycles. The minimum atomic E-state index is -0.597. The normalized spacial score (nSPS) is 10.3. The number of hydrogen-bond donors (Lipinski definition) is 3. The Balaban J connectivity index is 2.29. The molecule has 0 atom stereocenters. The highest BCUT2D eigenvalue weighted by Gasteiger charge is 2.13. The average molecular weight is 286 g/mol. The number of primary amides is 1. The van der Waals surface area contributed by atoms with Crippen LogP contribution in [-0.4, -0.2) is 29.1 Å². The molecule has 2 aromatic rings. The summed E-state index contributed by atoms with van der Waals surface area (Å²) in [6.45, 7) is 0.936. The Kier molecular flexibility index (Phi) is 4.73. The molecule has 0 radical (unpaired) electrons. The van der Waals surface area contributed by atoms with E-state index in [1.54, 1.807) is 6.07 Å². The maximum absolute atomic E-state index is 11.4. The molecule has 0 aliphatic rings. The van der Waals surface area contributed by atoms with Gasteiger partial charge in [-0.15, -0.1) is 0 Å². The number of pyridine rings is 1. The minimum Gasteiger partial charge on any atom is -0.397 e. The van der Waals surface area contributed by atoms with E-state index < -0.39 is 5.91 Å². The number of carbonyl (C=O) groups excluding carboxylic acids is 1. The number of amides is 1. The van der Waals surface area contributed by atoms with E-state index in [0.717, 1.165) is 5.56 Å². The maximum atomic E-state index is 11.4. The van der Waals surface area contributed by atoms with Crippen molar-refractivity contribution in [3.05, 3.63) is 53.7 Å². The van der Waals surface area contributed by atoms with Crippen LogP contribution in [-0.2, 0) is 6.54 Å². The van der Waals surface area contributed by atoms with Crippen LogP contribution in [0.3, 0.4) is 0 Å². The van der Waals surface area contributed by atoms with Gasteiger partial charge in [0.15, 0.2) is 0 Å². The fourth-order valence-corrected chi connectivity index (χ4v) is 2.04. The van der Waals surface area contributed by atoms with Gasteiger partial charge >= 0.3 is 0 Å². The molecule has 0 saturated heterocycles. The summed E-state index contributed by atoms with van der Waals surface area (Å²) in [6.07, 6.45) is 1.41. The standard InChI is InChI=1S/C15H18N4O2/c16-13-9-18-14(8-12(13)15(17)21)19(6-7-20)10-11-4-2-1-3-5-11/h1-5,8-9,20H,6-7,10,16H2,(H2,17,21). The number of benzene rings is 1. The van der Waals surface area contributed by atoms with E-state index in [9.17, 15) is 9.90 Å². The Morgan fingerprint density at radius 2 is 2.00 bits per heavy atom. The van der Waals surface area contributed by atoms with Crippen molar-refractivity contribution < 1.29 is 9.90 Å². The molecule has 110 valence electrons. The number of nitrogens with two attached hydrogens (primary N) is 2. The van der Waals surface area contributed by atoms with E-state index in [1.807, 2.05) is 35.2 Å². The van der Waals surface area contributed by atoms with Crippen LogP contribution in [0.2, 0.25) is 0 Å². The monoisotopic (exact) mass is 286 g/mol. The Morgan fingerprint density at radius 3 is 2.62 bits per heavy atom. The zero-order valence-corrected chi connectivity index (χ0v) is 11.6. The maximum Gasteiger partial charge on any atom is 0.250 e. The highest BCUT2D eigenvalue weighted by molar-refractivity contribution is 5.98. The van der Waals surface area contributed by atoms with Gasteiger partial charge in [-0.2, -0.15) is 0 Å². The third-order valence-electron chi connectivity index (χ3n) is 3.10. The van der Waals surface area contributed by atoms with Crippen LogP contribution >= 0.6 is 0 Å². The molecule has 6 heteroatoms. The summed E-state index contributed by atoms with van der Waals surface area (Å²) >= 11 is 0. The van der Waals surface area contributed by atoms with Gasteiger partial charge in [0.05, 0.1) is 24.1 Å². The Bertz CT molecular complexity index is 616. The van der Waals surface area contributed by atoms with Crippen LogP contribution in [0.25, 0.3) is 0 Å². The molecular formula is C15H18N4O2. The van der Waals surface area contributed by atoms with Crippen molar-refractivity contribution in [1.82, 2.24) is 4.98 Å². The number of nitrogen functional groups attached to an aromatic ring is 1. The van der Waals surface area contributed by atoms with E-state index in [2.05, 4.69) is 4.98 Å². The van der Waals surface area contributed by atoms with Gasteiger partial charge in [0, 0.05) is 13.1 Å². The summed E-state index contributed by atoms with van der Waals surface area (Å²) < 4.78 is 0. The van der Waals surface area contributed by atoms with Crippen molar-refractivity contribution in [1.29, 1.82) is 0 Å². The molecule has 0 bridgehead atoms. The highest BCUT2D eigenvalue weighted by atomic mass is 16.3. The summed E-state index contributed by atoms with van der Waals surface area (Å²) in [6, 6.07) is 11.3. The number of aromatic nitrogens is 1. The third-order valence-corrected chi connectivity index (χ3v) is 3.10. The van der Waals surface area contributed by atoms with Gasteiger partial charge in [0.2, 0.25) is 0 Å². The first-order chi connectivity index (χ1) is 10.1. The van der Waals surface area contributed by atoms with E-state index in [0.29, 0.717) is 18.9 Å². The second-order valence-electron chi connectivity index (χ2n) is 4.62. The lowest BCUT2D eigenvalue weighted by Crippen LogP contribution is -2.27. The molecule has 0 saturated carbocycles. The van der Waals surface area contributed by atoms with E-state index >= 15 is 0 Å². The molecule has 0 aliphatic carbocycles. The van der Waals surface area contributed by atoms with Gasteiger partial charge in [-0.1, -0.05) is 30.3 Å². The molecule has 5 N–H and O–H groups in total. The molecule has 1 amide bonds. The SMILES string of the molecule is NC(=O)c1cc(N(CCO)Cc2ccccc2)ncc1N. The number of rotatable bonds is 6. The predicted molar refractivity (Wildman–Crippen MR) is 81.7 cm³/mol.